The van der Waals surface area contributed by atoms with E-state index in [0.29, 0.717) is 25.8 Å². The van der Waals surface area contributed by atoms with Crippen molar-refractivity contribution in [3.05, 3.63) is 0 Å². The molecule has 1 saturated carbocycles. The van der Waals surface area contributed by atoms with Crippen LogP contribution in [0.3, 0.4) is 0 Å². The topological polar surface area (TPSA) is 67.4 Å². The number of carbonyl (C=O) groups is 2. The van der Waals surface area contributed by atoms with Gasteiger partial charge in [-0.2, -0.15) is 0 Å². The SMILES string of the molecule is CNC1(CC(=O)NCCCC(=O)OC)CCCCC1. The van der Waals surface area contributed by atoms with Crippen LogP contribution in [-0.4, -0.2) is 38.1 Å². The predicted molar refractivity (Wildman–Crippen MR) is 73.8 cm³/mol. The summed E-state index contributed by atoms with van der Waals surface area (Å²) in [5.74, 6) is -0.158. The van der Waals surface area contributed by atoms with Gasteiger partial charge in [-0.15, -0.1) is 0 Å². The molecule has 0 atom stereocenters. The lowest BCUT2D eigenvalue weighted by atomic mass is 9.79. The fourth-order valence-electron chi connectivity index (χ4n) is 2.68. The molecule has 19 heavy (non-hydrogen) atoms. The molecule has 0 bridgehead atoms. The summed E-state index contributed by atoms with van der Waals surface area (Å²) in [6, 6.07) is 0. The van der Waals surface area contributed by atoms with Gasteiger partial charge in [0.05, 0.1) is 7.11 Å². The van der Waals surface area contributed by atoms with E-state index < -0.39 is 0 Å². The number of esters is 1. The zero-order valence-corrected chi connectivity index (χ0v) is 12.1. The van der Waals surface area contributed by atoms with Gasteiger partial charge < -0.3 is 15.4 Å². The highest BCUT2D eigenvalue weighted by Gasteiger charge is 2.32. The number of hydrogen-bond donors (Lipinski definition) is 2. The summed E-state index contributed by atoms with van der Waals surface area (Å²) in [6.45, 7) is 0.535. The minimum absolute atomic E-state index is 0.0231. The van der Waals surface area contributed by atoms with Crippen molar-refractivity contribution in [1.82, 2.24) is 10.6 Å². The lowest BCUT2D eigenvalue weighted by Crippen LogP contribution is -2.48. The van der Waals surface area contributed by atoms with Crippen LogP contribution in [0.15, 0.2) is 0 Å². The Balaban J connectivity index is 2.23. The molecule has 0 aromatic heterocycles. The van der Waals surface area contributed by atoms with Crippen LogP contribution in [0.2, 0.25) is 0 Å². The number of ether oxygens (including phenoxy) is 1. The molecule has 1 fully saturated rings. The minimum Gasteiger partial charge on any atom is -0.469 e. The lowest BCUT2D eigenvalue weighted by Gasteiger charge is -2.36. The molecular formula is C14H26N2O3. The summed E-state index contributed by atoms with van der Waals surface area (Å²) in [5, 5.41) is 6.21. The highest BCUT2D eigenvalue weighted by Crippen LogP contribution is 2.30. The summed E-state index contributed by atoms with van der Waals surface area (Å²) in [4.78, 5) is 22.8. The quantitative estimate of drug-likeness (QED) is 0.541. The van der Waals surface area contributed by atoms with Crippen molar-refractivity contribution >= 4 is 11.9 Å². The number of amides is 1. The molecule has 5 heteroatoms. The predicted octanol–water partition coefficient (Wildman–Crippen LogP) is 1.37. The third-order valence-electron chi connectivity index (χ3n) is 3.95. The molecule has 0 radical (unpaired) electrons. The van der Waals surface area contributed by atoms with Gasteiger partial charge in [0.25, 0.3) is 0 Å². The van der Waals surface area contributed by atoms with Crippen LogP contribution < -0.4 is 10.6 Å². The molecule has 2 N–H and O–H groups in total. The maximum absolute atomic E-state index is 11.9. The molecule has 0 aromatic rings. The average molecular weight is 270 g/mol. The van der Waals surface area contributed by atoms with E-state index in [9.17, 15) is 9.59 Å². The van der Waals surface area contributed by atoms with E-state index in [2.05, 4.69) is 15.4 Å². The first-order valence-corrected chi connectivity index (χ1v) is 7.14. The number of nitrogens with one attached hydrogen (secondary N) is 2. The molecule has 0 heterocycles. The normalized spacial score (nSPS) is 17.8. The molecule has 0 unspecified atom stereocenters. The summed E-state index contributed by atoms with van der Waals surface area (Å²) >= 11 is 0. The van der Waals surface area contributed by atoms with Crippen molar-refractivity contribution in [2.24, 2.45) is 0 Å². The van der Waals surface area contributed by atoms with Gasteiger partial charge in [0.1, 0.15) is 0 Å². The first kappa shape index (κ1) is 16.0. The molecule has 0 spiro atoms. The van der Waals surface area contributed by atoms with Gasteiger partial charge in [-0.1, -0.05) is 19.3 Å². The fraction of sp³-hybridized carbons (Fsp3) is 0.857. The first-order valence-electron chi connectivity index (χ1n) is 7.14. The highest BCUT2D eigenvalue weighted by molar-refractivity contribution is 5.77. The fourth-order valence-corrected chi connectivity index (χ4v) is 2.68. The van der Waals surface area contributed by atoms with Crippen LogP contribution in [-0.2, 0) is 14.3 Å². The van der Waals surface area contributed by atoms with E-state index in [0.717, 1.165) is 12.8 Å². The standard InChI is InChI=1S/C14H26N2O3/c1-15-14(8-4-3-5-9-14)11-12(17)16-10-6-7-13(18)19-2/h15H,3-11H2,1-2H3,(H,16,17). The number of hydrogen-bond acceptors (Lipinski definition) is 4. The highest BCUT2D eigenvalue weighted by atomic mass is 16.5. The van der Waals surface area contributed by atoms with Crippen molar-refractivity contribution in [3.8, 4) is 0 Å². The third-order valence-corrected chi connectivity index (χ3v) is 3.95. The van der Waals surface area contributed by atoms with Crippen molar-refractivity contribution in [2.75, 3.05) is 20.7 Å². The Hall–Kier alpha value is -1.10. The number of carbonyl (C=O) groups excluding carboxylic acids is 2. The van der Waals surface area contributed by atoms with Crippen LogP contribution in [0.1, 0.15) is 51.4 Å². The maximum atomic E-state index is 11.9. The van der Waals surface area contributed by atoms with Crippen LogP contribution in [0, 0.1) is 0 Å². The van der Waals surface area contributed by atoms with E-state index in [4.69, 9.17) is 0 Å². The Bertz CT molecular complexity index is 299. The molecule has 1 rings (SSSR count). The van der Waals surface area contributed by atoms with Crippen LogP contribution in [0.4, 0.5) is 0 Å². The number of rotatable bonds is 7. The third kappa shape index (κ3) is 5.59. The molecule has 1 aliphatic carbocycles. The van der Waals surface area contributed by atoms with E-state index in [-0.39, 0.29) is 17.4 Å². The van der Waals surface area contributed by atoms with Crippen molar-refractivity contribution in [2.45, 2.75) is 56.9 Å². The second-order valence-electron chi connectivity index (χ2n) is 5.30. The molecule has 110 valence electrons. The summed E-state index contributed by atoms with van der Waals surface area (Å²) in [7, 11) is 3.32. The average Bonchev–Trinajstić information content (AvgIpc) is 2.44. The Kier molecular flexibility index (Phi) is 6.84. The summed E-state index contributed by atoms with van der Waals surface area (Å²) in [6.07, 6.45) is 7.30. The Labute approximate surface area is 115 Å². The van der Waals surface area contributed by atoms with Gasteiger partial charge >= 0.3 is 5.97 Å². The molecule has 1 aliphatic rings. The molecule has 5 nitrogen and oxygen atoms in total. The molecule has 0 aliphatic heterocycles. The smallest absolute Gasteiger partial charge is 0.305 e. The second kappa shape index (κ2) is 8.15. The number of methoxy groups -OCH3 is 1. The molecule has 0 aromatic carbocycles. The van der Waals surface area contributed by atoms with Crippen LogP contribution in [0.5, 0.6) is 0 Å². The monoisotopic (exact) mass is 270 g/mol. The largest absolute Gasteiger partial charge is 0.469 e. The summed E-state index contributed by atoms with van der Waals surface area (Å²) < 4.78 is 4.55. The molecule has 1 amide bonds. The minimum atomic E-state index is -0.228. The van der Waals surface area contributed by atoms with Gasteiger partial charge in [0.2, 0.25) is 5.91 Å². The van der Waals surface area contributed by atoms with E-state index in [1.807, 2.05) is 7.05 Å². The Morgan fingerprint density at radius 3 is 2.47 bits per heavy atom. The van der Waals surface area contributed by atoms with E-state index in [1.54, 1.807) is 0 Å². The zero-order valence-electron chi connectivity index (χ0n) is 12.1. The zero-order chi connectivity index (χ0) is 14.1. The van der Waals surface area contributed by atoms with Gasteiger partial charge in [-0.25, -0.2) is 0 Å². The Morgan fingerprint density at radius 1 is 1.21 bits per heavy atom. The van der Waals surface area contributed by atoms with E-state index in [1.165, 1.54) is 26.4 Å². The van der Waals surface area contributed by atoms with E-state index >= 15 is 0 Å². The van der Waals surface area contributed by atoms with Gasteiger partial charge in [0, 0.05) is 24.9 Å². The molecular weight excluding hydrogens is 244 g/mol. The summed E-state index contributed by atoms with van der Waals surface area (Å²) in [5.41, 5.74) is -0.0231. The van der Waals surface area contributed by atoms with Crippen molar-refractivity contribution in [3.63, 3.8) is 0 Å². The lowest BCUT2D eigenvalue weighted by molar-refractivity contribution is -0.140. The van der Waals surface area contributed by atoms with Gasteiger partial charge in [-0.3, -0.25) is 9.59 Å². The first-order chi connectivity index (χ1) is 9.12. The van der Waals surface area contributed by atoms with Crippen LogP contribution in [0.25, 0.3) is 0 Å². The van der Waals surface area contributed by atoms with Crippen LogP contribution >= 0.6 is 0 Å². The molecule has 0 saturated heterocycles. The maximum Gasteiger partial charge on any atom is 0.305 e. The van der Waals surface area contributed by atoms with Gasteiger partial charge in [-0.05, 0) is 26.3 Å². The van der Waals surface area contributed by atoms with Crippen molar-refractivity contribution < 1.29 is 14.3 Å². The van der Waals surface area contributed by atoms with Gasteiger partial charge in [0.15, 0.2) is 0 Å². The second-order valence-corrected chi connectivity index (χ2v) is 5.30. The van der Waals surface area contributed by atoms with Crippen molar-refractivity contribution in [1.29, 1.82) is 0 Å². The Morgan fingerprint density at radius 2 is 1.89 bits per heavy atom.